The van der Waals surface area contributed by atoms with Gasteiger partial charge in [0.05, 0.1) is 11.4 Å². The van der Waals surface area contributed by atoms with Crippen molar-refractivity contribution in [3.63, 3.8) is 0 Å². The van der Waals surface area contributed by atoms with Crippen molar-refractivity contribution in [3.8, 4) is 0 Å². The third-order valence-corrected chi connectivity index (χ3v) is 5.49. The first-order valence-corrected chi connectivity index (χ1v) is 9.27. The minimum atomic E-state index is -0.0531. The van der Waals surface area contributed by atoms with Gasteiger partial charge in [-0.1, -0.05) is 63.7 Å². The predicted molar refractivity (Wildman–Crippen MR) is 101 cm³/mol. The van der Waals surface area contributed by atoms with Gasteiger partial charge in [0, 0.05) is 15.8 Å². The summed E-state index contributed by atoms with van der Waals surface area (Å²) in [5.41, 5.74) is 1.90. The molecular weight excluding hydrogens is 316 g/mol. The van der Waals surface area contributed by atoms with Gasteiger partial charge >= 0.3 is 6.03 Å². The molecule has 3 nitrogen and oxygen atoms in total. The number of nitrogens with zero attached hydrogens (tertiary/aromatic N) is 1. The van der Waals surface area contributed by atoms with Crippen LogP contribution in [0.5, 0.6) is 0 Å². The van der Waals surface area contributed by atoms with Gasteiger partial charge in [-0.05, 0) is 36.1 Å². The Morgan fingerprint density at radius 3 is 1.79 bits per heavy atom. The van der Waals surface area contributed by atoms with Gasteiger partial charge in [-0.15, -0.1) is 0 Å². The van der Waals surface area contributed by atoms with Gasteiger partial charge in [-0.25, -0.2) is 4.79 Å². The van der Waals surface area contributed by atoms with E-state index in [1.54, 1.807) is 11.8 Å². The second-order valence-electron chi connectivity index (χ2n) is 6.84. The molecular formula is C20H24N2OS. The Morgan fingerprint density at radius 1 is 0.875 bits per heavy atom. The summed E-state index contributed by atoms with van der Waals surface area (Å²) in [6.45, 7) is 8.61. The first-order valence-electron chi connectivity index (χ1n) is 8.45. The Balaban J connectivity index is 1.99. The molecule has 1 aliphatic rings. The van der Waals surface area contributed by atoms with Crippen molar-refractivity contribution in [2.24, 2.45) is 11.8 Å². The zero-order chi connectivity index (χ0) is 17.3. The number of hydrogen-bond acceptors (Lipinski definition) is 2. The summed E-state index contributed by atoms with van der Waals surface area (Å²) < 4.78 is 0. The molecule has 0 unspecified atom stereocenters. The molecule has 0 spiro atoms. The van der Waals surface area contributed by atoms with Crippen molar-refractivity contribution in [2.75, 3.05) is 4.90 Å². The largest absolute Gasteiger partial charge is 0.334 e. The molecule has 0 radical (unpaired) electrons. The summed E-state index contributed by atoms with van der Waals surface area (Å²) in [5, 5.41) is 3.25. The Morgan fingerprint density at radius 2 is 1.33 bits per heavy atom. The molecule has 0 aromatic heterocycles. The number of carbonyl (C=O) groups excluding carboxylic acids is 1. The van der Waals surface area contributed by atoms with Gasteiger partial charge in [-0.3, -0.25) is 4.90 Å². The number of carbonyl (C=O) groups is 1. The average molecular weight is 340 g/mol. The van der Waals surface area contributed by atoms with E-state index in [1.165, 1.54) is 0 Å². The molecule has 2 aromatic rings. The van der Waals surface area contributed by atoms with Crippen LogP contribution in [0.2, 0.25) is 0 Å². The van der Waals surface area contributed by atoms with Gasteiger partial charge < -0.3 is 5.32 Å². The van der Waals surface area contributed by atoms with Gasteiger partial charge in [0.15, 0.2) is 0 Å². The Hall–Kier alpha value is -1.94. The molecule has 0 fully saturated rings. The zero-order valence-electron chi connectivity index (χ0n) is 14.6. The number of amides is 2. The van der Waals surface area contributed by atoms with Crippen LogP contribution in [-0.2, 0) is 0 Å². The summed E-state index contributed by atoms with van der Waals surface area (Å²) in [4.78, 5) is 17.2. The maximum atomic E-state index is 13.1. The fourth-order valence-electron chi connectivity index (χ4n) is 3.23. The van der Waals surface area contributed by atoms with E-state index in [2.05, 4.69) is 45.1 Å². The van der Waals surface area contributed by atoms with Gasteiger partial charge in [0.25, 0.3) is 0 Å². The van der Waals surface area contributed by atoms with Crippen molar-refractivity contribution in [1.29, 1.82) is 0 Å². The van der Waals surface area contributed by atoms with Crippen LogP contribution in [0.3, 0.4) is 0 Å². The summed E-state index contributed by atoms with van der Waals surface area (Å²) >= 11 is 1.71. The Bertz CT molecular complexity index is 688. The van der Waals surface area contributed by atoms with E-state index in [0.717, 1.165) is 21.2 Å². The Kier molecular flexibility index (Phi) is 4.86. The lowest BCUT2D eigenvalue weighted by Crippen LogP contribution is -2.48. The molecule has 0 atom stereocenters. The van der Waals surface area contributed by atoms with Crippen LogP contribution in [0.25, 0.3) is 0 Å². The molecule has 24 heavy (non-hydrogen) atoms. The lowest BCUT2D eigenvalue weighted by atomic mass is 9.93. The van der Waals surface area contributed by atoms with E-state index in [-0.39, 0.29) is 12.1 Å². The van der Waals surface area contributed by atoms with Crippen LogP contribution >= 0.6 is 11.8 Å². The minimum Gasteiger partial charge on any atom is -0.334 e. The van der Waals surface area contributed by atoms with E-state index in [9.17, 15) is 4.79 Å². The number of benzene rings is 2. The number of para-hydroxylation sites is 2. The number of urea groups is 1. The average Bonchev–Trinajstić information content (AvgIpc) is 2.56. The minimum absolute atomic E-state index is 0.0531. The number of fused-ring (bicyclic) bond motifs is 2. The van der Waals surface area contributed by atoms with Gasteiger partial charge in [0.1, 0.15) is 0 Å². The maximum absolute atomic E-state index is 13.1. The summed E-state index contributed by atoms with van der Waals surface area (Å²) in [6.07, 6.45) is 0. The van der Waals surface area contributed by atoms with Crippen molar-refractivity contribution in [3.05, 3.63) is 48.5 Å². The number of anilines is 2. The molecule has 2 amide bonds. The fraction of sp³-hybridized carbons (Fsp3) is 0.350. The lowest BCUT2D eigenvalue weighted by molar-refractivity contribution is 0.233. The van der Waals surface area contributed by atoms with E-state index in [1.807, 2.05) is 41.3 Å². The maximum Gasteiger partial charge on any atom is 0.326 e. The predicted octanol–water partition coefficient (Wildman–Crippen LogP) is 5.68. The van der Waals surface area contributed by atoms with Crippen molar-refractivity contribution in [2.45, 2.75) is 43.5 Å². The van der Waals surface area contributed by atoms with Crippen LogP contribution < -0.4 is 10.2 Å². The zero-order valence-corrected chi connectivity index (χ0v) is 15.4. The van der Waals surface area contributed by atoms with E-state index < -0.39 is 0 Å². The highest BCUT2D eigenvalue weighted by Crippen LogP contribution is 2.47. The van der Waals surface area contributed by atoms with Gasteiger partial charge in [-0.2, -0.15) is 0 Å². The van der Waals surface area contributed by atoms with Crippen molar-refractivity contribution >= 4 is 29.2 Å². The number of nitrogens with one attached hydrogen (secondary N) is 1. The molecule has 2 aromatic carbocycles. The normalized spacial score (nSPS) is 13.2. The quantitative estimate of drug-likeness (QED) is 0.779. The summed E-state index contributed by atoms with van der Waals surface area (Å²) in [7, 11) is 0. The first kappa shape index (κ1) is 16.9. The van der Waals surface area contributed by atoms with E-state index >= 15 is 0 Å². The van der Waals surface area contributed by atoms with Crippen LogP contribution in [0.1, 0.15) is 27.7 Å². The molecule has 0 saturated carbocycles. The third kappa shape index (κ3) is 3.16. The topological polar surface area (TPSA) is 32.3 Å². The fourth-order valence-corrected chi connectivity index (χ4v) is 4.29. The lowest BCUT2D eigenvalue weighted by Gasteiger charge is -2.34. The highest BCUT2D eigenvalue weighted by atomic mass is 32.2. The second kappa shape index (κ2) is 6.89. The molecule has 1 heterocycles. The Labute approximate surface area is 148 Å². The third-order valence-electron chi connectivity index (χ3n) is 4.36. The smallest absolute Gasteiger partial charge is 0.326 e. The van der Waals surface area contributed by atoms with Crippen LogP contribution in [-0.4, -0.2) is 12.1 Å². The molecule has 126 valence electrons. The molecule has 3 rings (SSSR count). The molecule has 1 N–H and O–H groups in total. The molecule has 0 aliphatic carbocycles. The highest BCUT2D eigenvalue weighted by molar-refractivity contribution is 7.99. The molecule has 0 bridgehead atoms. The van der Waals surface area contributed by atoms with Gasteiger partial charge in [0.2, 0.25) is 0 Å². The van der Waals surface area contributed by atoms with Crippen molar-refractivity contribution < 1.29 is 4.79 Å². The summed E-state index contributed by atoms with van der Waals surface area (Å²) in [6, 6.07) is 16.2. The first-order chi connectivity index (χ1) is 11.5. The van der Waals surface area contributed by atoms with E-state index in [4.69, 9.17) is 0 Å². The molecule has 0 saturated heterocycles. The SMILES string of the molecule is CC(C)C(NC(=O)N1c2ccccc2Sc2ccccc21)C(C)C. The van der Waals surface area contributed by atoms with Crippen LogP contribution in [0, 0.1) is 11.8 Å². The highest BCUT2D eigenvalue weighted by Gasteiger charge is 2.30. The van der Waals surface area contributed by atoms with Crippen LogP contribution in [0.4, 0.5) is 16.2 Å². The second-order valence-corrected chi connectivity index (χ2v) is 7.92. The molecule has 4 heteroatoms. The number of hydrogen-bond donors (Lipinski definition) is 1. The molecule has 1 aliphatic heterocycles. The van der Waals surface area contributed by atoms with Crippen LogP contribution in [0.15, 0.2) is 58.3 Å². The monoisotopic (exact) mass is 340 g/mol. The van der Waals surface area contributed by atoms with Crippen molar-refractivity contribution in [1.82, 2.24) is 5.32 Å². The number of rotatable bonds is 3. The standard InChI is InChI=1S/C20H24N2OS/c1-13(2)19(14(3)4)21-20(23)22-15-9-5-7-11-17(15)24-18-12-8-6-10-16(18)22/h5-14,19H,1-4H3,(H,21,23). The van der Waals surface area contributed by atoms with E-state index in [0.29, 0.717) is 11.8 Å². The summed E-state index contributed by atoms with van der Waals surface area (Å²) in [5.74, 6) is 0.775.